The van der Waals surface area contributed by atoms with Gasteiger partial charge in [-0.05, 0) is 18.9 Å². The zero-order valence-electron chi connectivity index (χ0n) is 12.3. The highest BCUT2D eigenvalue weighted by Crippen LogP contribution is 2.26. The highest BCUT2D eigenvalue weighted by molar-refractivity contribution is 7.84. The molecular formula is C15H22N2O2S. The van der Waals surface area contributed by atoms with E-state index in [1.54, 1.807) is 6.26 Å². The third-order valence-corrected chi connectivity index (χ3v) is 4.40. The lowest BCUT2D eigenvalue weighted by molar-refractivity contribution is -0.129. The van der Waals surface area contributed by atoms with Gasteiger partial charge in [-0.1, -0.05) is 36.8 Å². The molecule has 3 atom stereocenters. The third-order valence-electron chi connectivity index (χ3n) is 3.64. The summed E-state index contributed by atoms with van der Waals surface area (Å²) >= 11 is 0. The smallest absolute Gasteiger partial charge is 0.241 e. The fourth-order valence-electron chi connectivity index (χ4n) is 2.55. The van der Waals surface area contributed by atoms with Crippen molar-refractivity contribution in [2.75, 3.05) is 18.6 Å². The highest BCUT2D eigenvalue weighted by atomic mass is 32.2. The van der Waals surface area contributed by atoms with Gasteiger partial charge < -0.3 is 4.90 Å². The van der Waals surface area contributed by atoms with Crippen LogP contribution in [0.4, 0.5) is 0 Å². The van der Waals surface area contributed by atoms with Crippen LogP contribution in [-0.4, -0.2) is 39.6 Å². The molecule has 1 aromatic carbocycles. The summed E-state index contributed by atoms with van der Waals surface area (Å²) in [6.45, 7) is 4.58. The average Bonchev–Trinajstić information content (AvgIpc) is 2.73. The molecule has 110 valence electrons. The lowest BCUT2D eigenvalue weighted by Gasteiger charge is -2.24. The molecule has 0 aromatic heterocycles. The van der Waals surface area contributed by atoms with Gasteiger partial charge in [0.15, 0.2) is 0 Å². The summed E-state index contributed by atoms with van der Waals surface area (Å²) in [6.07, 6.45) is 2.34. The number of carbonyl (C=O) groups is 1. The second kappa shape index (κ2) is 6.50. The first kappa shape index (κ1) is 15.2. The summed E-state index contributed by atoms with van der Waals surface area (Å²) in [5.74, 6) is 0.635. The monoisotopic (exact) mass is 294 g/mol. The molecule has 0 aliphatic carbocycles. The SMILES string of the molecule is CCC1NC(c2cccc(C)c2)N(CCS(C)=O)C1=O. The van der Waals surface area contributed by atoms with Crippen molar-refractivity contribution < 1.29 is 9.00 Å². The standard InChI is InChI=1S/C15H22N2O2S/c1-4-13-15(18)17(8-9-20(3)19)14(16-13)12-7-5-6-11(2)10-12/h5-7,10,13-14,16H,4,8-9H2,1-3H3. The van der Waals surface area contributed by atoms with E-state index >= 15 is 0 Å². The Hall–Kier alpha value is -1.20. The average molecular weight is 294 g/mol. The minimum absolute atomic E-state index is 0.101. The summed E-state index contributed by atoms with van der Waals surface area (Å²) in [5.41, 5.74) is 2.27. The van der Waals surface area contributed by atoms with Crippen LogP contribution in [0.5, 0.6) is 0 Å². The summed E-state index contributed by atoms with van der Waals surface area (Å²) in [7, 11) is -0.887. The van der Waals surface area contributed by atoms with Crippen LogP contribution in [0.3, 0.4) is 0 Å². The molecule has 1 saturated heterocycles. The highest BCUT2D eigenvalue weighted by Gasteiger charge is 2.38. The molecule has 20 heavy (non-hydrogen) atoms. The first-order chi connectivity index (χ1) is 9.52. The third kappa shape index (κ3) is 3.27. The number of rotatable bonds is 5. The van der Waals surface area contributed by atoms with E-state index in [2.05, 4.69) is 11.4 Å². The van der Waals surface area contributed by atoms with E-state index in [4.69, 9.17) is 0 Å². The van der Waals surface area contributed by atoms with Gasteiger partial charge in [-0.2, -0.15) is 0 Å². The van der Waals surface area contributed by atoms with Crippen LogP contribution in [0.15, 0.2) is 24.3 Å². The molecule has 5 heteroatoms. The molecule has 0 radical (unpaired) electrons. The summed E-state index contributed by atoms with van der Waals surface area (Å²) < 4.78 is 11.3. The lowest BCUT2D eigenvalue weighted by Crippen LogP contribution is -2.34. The molecule has 1 N–H and O–H groups in total. The van der Waals surface area contributed by atoms with E-state index < -0.39 is 10.8 Å². The first-order valence-corrected chi connectivity index (χ1v) is 8.68. The predicted molar refractivity (Wildman–Crippen MR) is 81.8 cm³/mol. The van der Waals surface area contributed by atoms with E-state index in [1.165, 1.54) is 5.56 Å². The van der Waals surface area contributed by atoms with Crippen LogP contribution < -0.4 is 5.32 Å². The Labute approximate surface area is 123 Å². The minimum atomic E-state index is -0.887. The molecule has 1 heterocycles. The minimum Gasteiger partial charge on any atom is -0.321 e. The molecule has 0 spiro atoms. The number of carbonyl (C=O) groups excluding carboxylic acids is 1. The molecule has 0 saturated carbocycles. The number of nitrogens with one attached hydrogen (secondary N) is 1. The van der Waals surface area contributed by atoms with Crippen molar-refractivity contribution in [3.8, 4) is 0 Å². The maximum absolute atomic E-state index is 12.4. The Morgan fingerprint density at radius 2 is 2.15 bits per heavy atom. The Morgan fingerprint density at radius 3 is 2.75 bits per heavy atom. The second-order valence-corrected chi connectivity index (χ2v) is 6.81. The van der Waals surface area contributed by atoms with Crippen molar-refractivity contribution in [2.45, 2.75) is 32.5 Å². The van der Waals surface area contributed by atoms with Crippen LogP contribution in [-0.2, 0) is 15.6 Å². The largest absolute Gasteiger partial charge is 0.321 e. The molecule has 1 fully saturated rings. The second-order valence-electron chi connectivity index (χ2n) is 5.25. The number of amides is 1. The Kier molecular flexibility index (Phi) is 4.94. The van der Waals surface area contributed by atoms with Crippen LogP contribution in [0.2, 0.25) is 0 Å². The maximum Gasteiger partial charge on any atom is 0.241 e. The van der Waals surface area contributed by atoms with Crippen molar-refractivity contribution in [3.63, 3.8) is 0 Å². The lowest BCUT2D eigenvalue weighted by atomic mass is 10.1. The molecule has 1 aromatic rings. The van der Waals surface area contributed by atoms with Gasteiger partial charge in [-0.25, -0.2) is 0 Å². The van der Waals surface area contributed by atoms with E-state index in [0.29, 0.717) is 12.3 Å². The predicted octanol–water partition coefficient (Wildman–Crippen LogP) is 1.58. The van der Waals surface area contributed by atoms with Crippen molar-refractivity contribution in [3.05, 3.63) is 35.4 Å². The van der Waals surface area contributed by atoms with Gasteiger partial charge in [-0.15, -0.1) is 0 Å². The number of hydrogen-bond acceptors (Lipinski definition) is 3. The molecule has 4 nitrogen and oxygen atoms in total. The number of nitrogens with zero attached hydrogens (tertiary/aromatic N) is 1. The van der Waals surface area contributed by atoms with Gasteiger partial charge in [0.1, 0.15) is 6.17 Å². The van der Waals surface area contributed by atoms with Crippen molar-refractivity contribution >= 4 is 16.7 Å². The molecule has 1 aliphatic heterocycles. The van der Waals surface area contributed by atoms with Crippen LogP contribution in [0, 0.1) is 6.92 Å². The molecule has 1 aliphatic rings. The van der Waals surface area contributed by atoms with Gasteiger partial charge in [0.25, 0.3) is 0 Å². The van der Waals surface area contributed by atoms with Crippen LogP contribution in [0.25, 0.3) is 0 Å². The molecule has 3 unspecified atom stereocenters. The normalized spacial score (nSPS) is 24.1. The topological polar surface area (TPSA) is 49.4 Å². The van der Waals surface area contributed by atoms with Gasteiger partial charge >= 0.3 is 0 Å². The van der Waals surface area contributed by atoms with E-state index in [1.807, 2.05) is 36.9 Å². The maximum atomic E-state index is 12.4. The van der Waals surface area contributed by atoms with Gasteiger partial charge in [-0.3, -0.25) is 14.3 Å². The summed E-state index contributed by atoms with van der Waals surface area (Å²) in [5, 5.41) is 3.39. The molecule has 1 amide bonds. The van der Waals surface area contributed by atoms with Gasteiger partial charge in [0.05, 0.1) is 6.04 Å². The van der Waals surface area contributed by atoms with Crippen molar-refractivity contribution in [1.29, 1.82) is 0 Å². The summed E-state index contributed by atoms with van der Waals surface area (Å²) in [4.78, 5) is 14.2. The Balaban J connectivity index is 2.23. The molecular weight excluding hydrogens is 272 g/mol. The van der Waals surface area contributed by atoms with Gasteiger partial charge in [0.2, 0.25) is 5.91 Å². The van der Waals surface area contributed by atoms with Crippen molar-refractivity contribution in [2.24, 2.45) is 0 Å². The van der Waals surface area contributed by atoms with Crippen LogP contribution in [0.1, 0.15) is 30.6 Å². The first-order valence-electron chi connectivity index (χ1n) is 6.96. The summed E-state index contributed by atoms with van der Waals surface area (Å²) in [6, 6.07) is 8.05. The van der Waals surface area contributed by atoms with E-state index in [9.17, 15) is 9.00 Å². The van der Waals surface area contributed by atoms with Crippen molar-refractivity contribution in [1.82, 2.24) is 10.2 Å². The number of aryl methyl sites for hydroxylation is 1. The quantitative estimate of drug-likeness (QED) is 0.897. The van der Waals surface area contributed by atoms with Gasteiger partial charge in [0, 0.05) is 29.4 Å². The Morgan fingerprint density at radius 1 is 1.40 bits per heavy atom. The fourth-order valence-corrected chi connectivity index (χ4v) is 3.01. The molecule has 2 rings (SSSR count). The zero-order chi connectivity index (χ0) is 14.7. The fraction of sp³-hybridized carbons (Fsp3) is 0.533. The zero-order valence-corrected chi connectivity index (χ0v) is 13.1. The Bertz CT molecular complexity index is 518. The van der Waals surface area contributed by atoms with E-state index in [0.717, 1.165) is 12.0 Å². The molecule has 0 bridgehead atoms. The number of hydrogen-bond donors (Lipinski definition) is 1. The van der Waals surface area contributed by atoms with E-state index in [-0.39, 0.29) is 18.1 Å². The number of benzene rings is 1. The van der Waals surface area contributed by atoms with Crippen LogP contribution >= 0.6 is 0 Å².